The minimum atomic E-state index is -3.77. The molecule has 29 heavy (non-hydrogen) atoms. The van der Waals surface area contributed by atoms with Crippen LogP contribution in [0, 0.1) is 0 Å². The molecule has 0 aromatic carbocycles. The van der Waals surface area contributed by atoms with E-state index in [0.717, 1.165) is 13.1 Å². The van der Waals surface area contributed by atoms with Crippen molar-refractivity contribution in [2.45, 2.75) is 31.0 Å². The van der Waals surface area contributed by atoms with Crippen LogP contribution in [0.2, 0.25) is 0 Å². The summed E-state index contributed by atoms with van der Waals surface area (Å²) in [5, 5.41) is 7.78. The van der Waals surface area contributed by atoms with Gasteiger partial charge in [0.15, 0.2) is 5.03 Å². The molecule has 158 valence electrons. The third kappa shape index (κ3) is 4.88. The highest BCUT2D eigenvalue weighted by molar-refractivity contribution is 8.13. The van der Waals surface area contributed by atoms with E-state index < -0.39 is 9.05 Å². The molecule has 0 atom stereocenters. The first-order valence-electron chi connectivity index (χ1n) is 8.86. The molecule has 2 aromatic heterocycles. The van der Waals surface area contributed by atoms with Gasteiger partial charge in [-0.1, -0.05) is 0 Å². The Kier molecular flexibility index (Phi) is 5.85. The highest BCUT2D eigenvalue weighted by atomic mass is 35.7. The molecule has 11 nitrogen and oxygen atoms in total. The number of likely N-dealkylation sites (tertiary alicyclic amines) is 2. The van der Waals surface area contributed by atoms with Crippen LogP contribution in [0.1, 0.15) is 25.9 Å². The van der Waals surface area contributed by atoms with Crippen LogP contribution in [-0.2, 0) is 18.6 Å². The summed E-state index contributed by atoms with van der Waals surface area (Å²) >= 11 is 0. The second-order valence-electron chi connectivity index (χ2n) is 6.95. The highest BCUT2D eigenvalue weighted by Crippen LogP contribution is 2.22. The Bertz CT molecular complexity index is 1010. The lowest BCUT2D eigenvalue weighted by Gasteiger charge is -2.38. The molecule has 0 aliphatic carbocycles. The van der Waals surface area contributed by atoms with Crippen LogP contribution in [0.25, 0.3) is 0 Å². The molecule has 2 N–H and O–H groups in total. The van der Waals surface area contributed by atoms with Gasteiger partial charge in [0.2, 0.25) is 11.8 Å². The minimum Gasteiger partial charge on any atom is -0.382 e. The van der Waals surface area contributed by atoms with E-state index in [9.17, 15) is 18.0 Å². The topological polar surface area (TPSA) is 136 Å². The van der Waals surface area contributed by atoms with E-state index in [1.165, 1.54) is 17.7 Å². The number of hydrogen-bond acceptors (Lipinski definition) is 7. The SMILES string of the molecule is CC(=O)N1CC(n2ccc(N)n2)C1.CC(=O)N1CC(n2ccc(S(=O)(=O)Cl)n2)C1. The molecule has 2 fully saturated rings. The first kappa shape index (κ1) is 21.1. The van der Waals surface area contributed by atoms with Crippen molar-refractivity contribution >= 4 is 37.4 Å². The Morgan fingerprint density at radius 1 is 0.966 bits per heavy atom. The van der Waals surface area contributed by atoms with Crippen LogP contribution in [0.4, 0.5) is 5.82 Å². The van der Waals surface area contributed by atoms with Gasteiger partial charge in [0.1, 0.15) is 5.82 Å². The number of carbonyl (C=O) groups excluding carboxylic acids is 2. The lowest BCUT2D eigenvalue weighted by molar-refractivity contribution is -0.135. The van der Waals surface area contributed by atoms with Crippen LogP contribution in [0.15, 0.2) is 29.6 Å². The number of nitrogen functional groups attached to an aromatic ring is 1. The van der Waals surface area contributed by atoms with Gasteiger partial charge in [-0.15, -0.1) is 0 Å². The molecule has 2 amide bonds. The van der Waals surface area contributed by atoms with E-state index in [-0.39, 0.29) is 22.9 Å². The fourth-order valence-corrected chi connectivity index (χ4v) is 3.63. The molecular formula is C16H22ClN7O4S. The van der Waals surface area contributed by atoms with Crippen molar-refractivity contribution in [2.24, 2.45) is 0 Å². The van der Waals surface area contributed by atoms with Gasteiger partial charge in [-0.25, -0.2) is 8.42 Å². The molecule has 4 heterocycles. The largest absolute Gasteiger partial charge is 0.382 e. The Morgan fingerprint density at radius 3 is 1.76 bits per heavy atom. The fourth-order valence-electron chi connectivity index (χ4n) is 2.97. The first-order valence-corrected chi connectivity index (χ1v) is 11.2. The predicted molar refractivity (Wildman–Crippen MR) is 104 cm³/mol. The van der Waals surface area contributed by atoms with Crippen LogP contribution < -0.4 is 5.73 Å². The van der Waals surface area contributed by atoms with Crippen molar-refractivity contribution in [3.05, 3.63) is 24.5 Å². The smallest absolute Gasteiger partial charge is 0.280 e. The average Bonchev–Trinajstić information content (AvgIpc) is 3.13. The molecule has 2 saturated heterocycles. The molecule has 0 unspecified atom stereocenters. The highest BCUT2D eigenvalue weighted by Gasteiger charge is 2.31. The summed E-state index contributed by atoms with van der Waals surface area (Å²) in [6.45, 7) is 5.67. The van der Waals surface area contributed by atoms with Crippen LogP contribution in [0.3, 0.4) is 0 Å². The third-order valence-electron chi connectivity index (χ3n) is 4.83. The molecule has 0 radical (unpaired) electrons. The summed E-state index contributed by atoms with van der Waals surface area (Å²) in [5.41, 5.74) is 5.48. The zero-order valence-electron chi connectivity index (χ0n) is 16.0. The maximum absolute atomic E-state index is 11.0. The lowest BCUT2D eigenvalue weighted by atomic mass is 10.1. The van der Waals surface area contributed by atoms with E-state index in [2.05, 4.69) is 10.2 Å². The summed E-state index contributed by atoms with van der Waals surface area (Å²) in [7, 11) is 1.38. The van der Waals surface area contributed by atoms with E-state index in [1.54, 1.807) is 29.0 Å². The van der Waals surface area contributed by atoms with Gasteiger partial charge in [0, 0.05) is 63.1 Å². The van der Waals surface area contributed by atoms with Crippen molar-refractivity contribution in [3.8, 4) is 0 Å². The maximum Gasteiger partial charge on any atom is 0.280 e. The molecular weight excluding hydrogens is 422 g/mol. The summed E-state index contributed by atoms with van der Waals surface area (Å²) in [6.07, 6.45) is 3.40. The number of aromatic nitrogens is 4. The zero-order valence-corrected chi connectivity index (χ0v) is 17.5. The zero-order chi connectivity index (χ0) is 21.3. The number of rotatable bonds is 3. The minimum absolute atomic E-state index is 0.00796. The molecule has 2 aliphatic heterocycles. The van der Waals surface area contributed by atoms with Gasteiger partial charge in [-0.3, -0.25) is 19.0 Å². The number of nitrogens with two attached hydrogens (primary N) is 1. The van der Waals surface area contributed by atoms with Gasteiger partial charge >= 0.3 is 0 Å². The van der Waals surface area contributed by atoms with E-state index >= 15 is 0 Å². The van der Waals surface area contributed by atoms with Crippen LogP contribution in [0.5, 0.6) is 0 Å². The van der Waals surface area contributed by atoms with Crippen molar-refractivity contribution in [2.75, 3.05) is 31.9 Å². The summed E-state index contributed by atoms with van der Waals surface area (Å²) in [6, 6.07) is 3.45. The third-order valence-corrected chi connectivity index (χ3v) is 6.02. The fraction of sp³-hybridized carbons (Fsp3) is 0.500. The Balaban J connectivity index is 0.000000169. The number of halogens is 1. The second kappa shape index (κ2) is 8.03. The van der Waals surface area contributed by atoms with Crippen molar-refractivity contribution in [3.63, 3.8) is 0 Å². The average molecular weight is 444 g/mol. The predicted octanol–water partition coefficient (Wildman–Crippen LogP) is 0.0823. The standard InChI is InChI=1S/C8H10ClN3O3S.C8H12N4O/c1-6(13)11-4-7(5-11)12-3-2-8(10-12)16(9,14)15;1-6(13)11-4-7(5-11)12-3-2-8(9)10-12/h2-3,7H,4-5H2,1H3;2-3,7H,4-5H2,1H3,(H2,9,10). The molecule has 4 rings (SSSR count). The molecule has 2 aromatic rings. The van der Waals surface area contributed by atoms with Gasteiger partial charge in [0.05, 0.1) is 12.1 Å². The van der Waals surface area contributed by atoms with Gasteiger partial charge in [0.25, 0.3) is 9.05 Å². The molecule has 13 heteroatoms. The quantitative estimate of drug-likeness (QED) is 0.663. The first-order chi connectivity index (χ1) is 13.5. The number of hydrogen-bond donors (Lipinski definition) is 1. The van der Waals surface area contributed by atoms with Gasteiger partial charge in [-0.05, 0) is 12.1 Å². The number of anilines is 1. The van der Waals surface area contributed by atoms with Gasteiger partial charge < -0.3 is 15.5 Å². The number of nitrogens with zero attached hydrogens (tertiary/aromatic N) is 6. The molecule has 2 aliphatic rings. The number of carbonyl (C=O) groups is 2. The summed E-state index contributed by atoms with van der Waals surface area (Å²) in [4.78, 5) is 25.3. The summed E-state index contributed by atoms with van der Waals surface area (Å²) < 4.78 is 25.3. The maximum atomic E-state index is 11.0. The van der Waals surface area contributed by atoms with Gasteiger partial charge in [-0.2, -0.15) is 10.2 Å². The van der Waals surface area contributed by atoms with Crippen molar-refractivity contribution < 1.29 is 18.0 Å². The monoisotopic (exact) mass is 443 g/mol. The Labute approximate surface area is 172 Å². The lowest BCUT2D eigenvalue weighted by Crippen LogP contribution is -2.50. The molecule has 0 spiro atoms. The number of amides is 2. The normalized spacial score (nSPS) is 17.2. The van der Waals surface area contributed by atoms with Crippen LogP contribution in [-0.4, -0.2) is 75.8 Å². The van der Waals surface area contributed by atoms with Crippen molar-refractivity contribution in [1.29, 1.82) is 0 Å². The molecule has 0 saturated carbocycles. The Morgan fingerprint density at radius 2 is 1.41 bits per heavy atom. The van der Waals surface area contributed by atoms with Crippen molar-refractivity contribution in [1.82, 2.24) is 29.4 Å². The van der Waals surface area contributed by atoms with Crippen LogP contribution >= 0.6 is 10.7 Å². The van der Waals surface area contributed by atoms with E-state index in [0.29, 0.717) is 24.9 Å². The van der Waals surface area contributed by atoms with E-state index in [4.69, 9.17) is 16.4 Å². The molecule has 0 bridgehead atoms. The second-order valence-corrected chi connectivity index (χ2v) is 9.46. The van der Waals surface area contributed by atoms with E-state index in [1.807, 2.05) is 10.9 Å². The summed E-state index contributed by atoms with van der Waals surface area (Å²) in [5.74, 6) is 0.659. The Hall–Kier alpha value is -2.60.